The third kappa shape index (κ3) is 5.18. The molecule has 0 aliphatic rings. The number of ether oxygens (including phenoxy) is 1. The van der Waals surface area contributed by atoms with Crippen molar-refractivity contribution >= 4 is 17.4 Å². The van der Waals surface area contributed by atoms with Gasteiger partial charge >= 0.3 is 12.1 Å². The first-order valence-corrected chi connectivity index (χ1v) is 10.8. The largest absolute Gasteiger partial charge is 0.465 e. The minimum atomic E-state index is -4.40. The van der Waals surface area contributed by atoms with E-state index in [1.165, 1.54) is 25.4 Å². The number of esters is 1. The Morgan fingerprint density at radius 1 is 1.06 bits per heavy atom. The van der Waals surface area contributed by atoms with Crippen molar-refractivity contribution in [2.75, 3.05) is 7.11 Å². The number of nitrogens with zero attached hydrogens (tertiary/aromatic N) is 2. The normalized spacial score (nSPS) is 12.4. The summed E-state index contributed by atoms with van der Waals surface area (Å²) in [5, 5.41) is 7.20. The van der Waals surface area contributed by atoms with Crippen LogP contribution in [0.15, 0.2) is 73.1 Å². The molecular weight excluding hydrogens is 459 g/mol. The molecule has 1 amide bonds. The third-order valence-electron chi connectivity index (χ3n) is 5.72. The Morgan fingerprint density at radius 3 is 2.37 bits per heavy atom. The number of nitrogens with one attached hydrogen (secondary N) is 1. The molecule has 0 aliphatic heterocycles. The van der Waals surface area contributed by atoms with Crippen LogP contribution in [-0.2, 0) is 17.3 Å². The SMILES string of the molecule is COC(=O)c1ccc([C@H](C)NC(=O)c2cnn3cccc(Cc4ccc(C(F)(F)F)cc4)c23)cc1. The van der Waals surface area contributed by atoms with Gasteiger partial charge in [-0.15, -0.1) is 0 Å². The zero-order valence-corrected chi connectivity index (χ0v) is 19.0. The van der Waals surface area contributed by atoms with E-state index in [0.717, 1.165) is 23.3 Å². The molecule has 0 spiro atoms. The van der Waals surface area contributed by atoms with Gasteiger partial charge in [0.1, 0.15) is 0 Å². The number of carbonyl (C=O) groups excluding carboxylic acids is 2. The van der Waals surface area contributed by atoms with E-state index in [0.29, 0.717) is 28.6 Å². The van der Waals surface area contributed by atoms with E-state index >= 15 is 0 Å². The first-order valence-electron chi connectivity index (χ1n) is 10.8. The van der Waals surface area contributed by atoms with E-state index < -0.39 is 17.7 Å². The maximum atomic E-state index is 13.1. The summed E-state index contributed by atoms with van der Waals surface area (Å²) < 4.78 is 44.9. The number of carbonyl (C=O) groups is 2. The van der Waals surface area contributed by atoms with Gasteiger partial charge in [0, 0.05) is 6.20 Å². The van der Waals surface area contributed by atoms with E-state index in [2.05, 4.69) is 10.4 Å². The molecule has 180 valence electrons. The predicted molar refractivity (Wildman–Crippen MR) is 123 cm³/mol. The number of hydrogen-bond acceptors (Lipinski definition) is 4. The summed E-state index contributed by atoms with van der Waals surface area (Å²) in [6.07, 6.45) is -0.893. The van der Waals surface area contributed by atoms with Crippen molar-refractivity contribution in [1.82, 2.24) is 14.9 Å². The maximum Gasteiger partial charge on any atom is 0.416 e. The van der Waals surface area contributed by atoms with Crippen molar-refractivity contribution in [3.05, 3.63) is 106 Å². The molecule has 0 bridgehead atoms. The van der Waals surface area contributed by atoms with Gasteiger partial charge in [0.05, 0.1) is 41.6 Å². The van der Waals surface area contributed by atoms with Crippen molar-refractivity contribution in [2.24, 2.45) is 0 Å². The molecule has 2 aromatic heterocycles. The van der Waals surface area contributed by atoms with Gasteiger partial charge in [-0.05, 0) is 60.4 Å². The number of hydrogen-bond donors (Lipinski definition) is 1. The number of pyridine rings is 1. The average Bonchev–Trinajstić information content (AvgIpc) is 3.29. The second-order valence-corrected chi connectivity index (χ2v) is 8.07. The number of alkyl halides is 3. The number of halogens is 3. The monoisotopic (exact) mass is 481 g/mol. The molecule has 9 heteroatoms. The van der Waals surface area contributed by atoms with Crippen molar-refractivity contribution in [3.63, 3.8) is 0 Å². The van der Waals surface area contributed by atoms with Crippen LogP contribution in [0.2, 0.25) is 0 Å². The molecule has 1 atom stereocenters. The highest BCUT2D eigenvalue weighted by molar-refractivity contribution is 6.01. The fourth-order valence-electron chi connectivity index (χ4n) is 3.84. The van der Waals surface area contributed by atoms with Gasteiger partial charge in [-0.3, -0.25) is 4.79 Å². The van der Waals surface area contributed by atoms with Crippen LogP contribution in [0.5, 0.6) is 0 Å². The Labute approximate surface area is 199 Å². The first-order chi connectivity index (χ1) is 16.7. The second-order valence-electron chi connectivity index (χ2n) is 8.07. The average molecular weight is 481 g/mol. The van der Waals surface area contributed by atoms with Crippen molar-refractivity contribution < 1.29 is 27.5 Å². The molecule has 0 saturated heterocycles. The molecule has 1 N–H and O–H groups in total. The van der Waals surface area contributed by atoms with E-state index in [4.69, 9.17) is 4.74 Å². The Hall–Kier alpha value is -4.14. The summed E-state index contributed by atoms with van der Waals surface area (Å²) >= 11 is 0. The quantitative estimate of drug-likeness (QED) is 0.383. The molecule has 0 unspecified atom stereocenters. The zero-order valence-electron chi connectivity index (χ0n) is 19.0. The van der Waals surface area contributed by atoms with Crippen molar-refractivity contribution in [2.45, 2.75) is 25.6 Å². The van der Waals surface area contributed by atoms with Crippen LogP contribution >= 0.6 is 0 Å². The Kier molecular flexibility index (Phi) is 6.59. The van der Waals surface area contributed by atoms with Crippen molar-refractivity contribution in [3.8, 4) is 0 Å². The molecule has 0 saturated carbocycles. The molecule has 2 heterocycles. The van der Waals surface area contributed by atoms with Crippen LogP contribution < -0.4 is 5.32 Å². The van der Waals surface area contributed by atoms with Crippen LogP contribution in [0.3, 0.4) is 0 Å². The smallest absolute Gasteiger partial charge is 0.416 e. The fraction of sp³-hybridized carbons (Fsp3) is 0.192. The lowest BCUT2D eigenvalue weighted by Gasteiger charge is -2.15. The summed E-state index contributed by atoms with van der Waals surface area (Å²) in [5.74, 6) is -0.787. The van der Waals surface area contributed by atoms with Gasteiger partial charge in [-0.25, -0.2) is 9.31 Å². The zero-order chi connectivity index (χ0) is 25.2. The summed E-state index contributed by atoms with van der Waals surface area (Å²) in [6, 6.07) is 14.9. The van der Waals surface area contributed by atoms with Gasteiger partial charge in [0.15, 0.2) is 0 Å². The minimum absolute atomic E-state index is 0.332. The summed E-state index contributed by atoms with van der Waals surface area (Å²) in [5.41, 5.74) is 2.86. The number of benzene rings is 2. The maximum absolute atomic E-state index is 13.1. The minimum Gasteiger partial charge on any atom is -0.465 e. The van der Waals surface area contributed by atoms with E-state index in [-0.39, 0.29) is 11.9 Å². The van der Waals surface area contributed by atoms with E-state index in [1.807, 2.05) is 13.0 Å². The Bertz CT molecular complexity index is 1360. The van der Waals surface area contributed by atoms with Gasteiger partial charge in [0.25, 0.3) is 5.91 Å². The number of methoxy groups -OCH3 is 1. The van der Waals surface area contributed by atoms with Crippen LogP contribution in [0.4, 0.5) is 13.2 Å². The summed E-state index contributed by atoms with van der Waals surface area (Å²) in [7, 11) is 1.31. The highest BCUT2D eigenvalue weighted by Gasteiger charge is 2.30. The standard InChI is InChI=1S/C26H22F3N3O3/c1-16(18-7-9-19(10-8-18)25(34)35-2)31-24(33)22-15-30-32-13-3-4-20(23(22)32)14-17-5-11-21(12-6-17)26(27,28)29/h3-13,15-16H,14H2,1-2H3,(H,31,33)/t16-/m0/s1. The Balaban J connectivity index is 1.56. The van der Waals surface area contributed by atoms with Crippen LogP contribution in [0.25, 0.3) is 5.52 Å². The number of amides is 1. The lowest BCUT2D eigenvalue weighted by Crippen LogP contribution is -2.26. The molecule has 0 radical (unpaired) electrons. The van der Waals surface area contributed by atoms with Gasteiger partial charge < -0.3 is 10.1 Å². The third-order valence-corrected chi connectivity index (χ3v) is 5.72. The molecule has 4 aromatic rings. The molecule has 4 rings (SSSR count). The van der Waals surface area contributed by atoms with Gasteiger partial charge in [-0.1, -0.05) is 30.3 Å². The van der Waals surface area contributed by atoms with E-state index in [9.17, 15) is 22.8 Å². The number of rotatable bonds is 6. The van der Waals surface area contributed by atoms with Crippen LogP contribution in [0, 0.1) is 0 Å². The van der Waals surface area contributed by atoms with Gasteiger partial charge in [-0.2, -0.15) is 18.3 Å². The highest BCUT2D eigenvalue weighted by atomic mass is 19.4. The molecule has 0 fully saturated rings. The summed E-state index contributed by atoms with van der Waals surface area (Å²) in [4.78, 5) is 24.7. The molecule has 2 aromatic carbocycles. The topological polar surface area (TPSA) is 72.7 Å². The van der Waals surface area contributed by atoms with Crippen LogP contribution in [-0.4, -0.2) is 28.6 Å². The predicted octanol–water partition coefficient (Wildman–Crippen LogP) is 5.22. The molecule has 6 nitrogen and oxygen atoms in total. The Morgan fingerprint density at radius 2 is 1.74 bits per heavy atom. The van der Waals surface area contributed by atoms with Crippen LogP contribution in [0.1, 0.15) is 55.9 Å². The lowest BCUT2D eigenvalue weighted by atomic mass is 10.0. The molecular formula is C26H22F3N3O3. The van der Waals surface area contributed by atoms with Crippen molar-refractivity contribution in [1.29, 1.82) is 0 Å². The summed E-state index contributed by atoms with van der Waals surface area (Å²) in [6.45, 7) is 1.82. The number of aromatic nitrogens is 2. The van der Waals surface area contributed by atoms with E-state index in [1.54, 1.807) is 41.0 Å². The second kappa shape index (κ2) is 9.61. The molecule has 0 aliphatic carbocycles. The molecule has 35 heavy (non-hydrogen) atoms. The lowest BCUT2D eigenvalue weighted by molar-refractivity contribution is -0.137. The van der Waals surface area contributed by atoms with Gasteiger partial charge in [0.2, 0.25) is 0 Å². The number of fused-ring (bicyclic) bond motifs is 1. The first kappa shape index (κ1) is 24.0. The fourth-order valence-corrected chi connectivity index (χ4v) is 3.84. The highest BCUT2D eigenvalue weighted by Crippen LogP contribution is 2.30.